The predicted octanol–water partition coefficient (Wildman–Crippen LogP) is 4.62. The molecular weight excluding hydrogens is 480 g/mol. The van der Waals surface area contributed by atoms with Gasteiger partial charge in [0.1, 0.15) is 11.3 Å². The Morgan fingerprint density at radius 1 is 1.03 bits per heavy atom. The molecule has 0 N–H and O–H groups in total. The average molecular weight is 497 g/mol. The number of halogens is 1. The molecule has 1 atom stereocenters. The van der Waals surface area contributed by atoms with Gasteiger partial charge in [-0.15, -0.1) is 0 Å². The molecular formula is C23H17BrN2O6. The molecule has 0 aliphatic carbocycles. The zero-order valence-electron chi connectivity index (χ0n) is 17.3. The molecule has 3 heterocycles. The summed E-state index contributed by atoms with van der Waals surface area (Å²) in [5.74, 6) is 1.31. The molecule has 2 aromatic heterocycles. The van der Waals surface area contributed by atoms with Crippen LogP contribution in [-0.2, 0) is 0 Å². The van der Waals surface area contributed by atoms with Gasteiger partial charge in [-0.2, -0.15) is 0 Å². The molecule has 0 saturated heterocycles. The second-order valence-electron chi connectivity index (χ2n) is 7.30. The number of amides is 1. The van der Waals surface area contributed by atoms with Crippen molar-refractivity contribution in [1.29, 1.82) is 0 Å². The first-order valence-electron chi connectivity index (χ1n) is 9.68. The van der Waals surface area contributed by atoms with Gasteiger partial charge in [0.15, 0.2) is 22.7 Å². The lowest BCUT2D eigenvalue weighted by Gasteiger charge is -2.23. The van der Waals surface area contributed by atoms with Gasteiger partial charge < -0.3 is 18.4 Å². The van der Waals surface area contributed by atoms with Gasteiger partial charge >= 0.3 is 0 Å². The van der Waals surface area contributed by atoms with Gasteiger partial charge in [0.05, 0.1) is 31.2 Å². The number of aryl methyl sites for hydroxylation is 1. The van der Waals surface area contributed by atoms with Crippen LogP contribution in [0.15, 0.2) is 60.7 Å². The number of aromatic nitrogens is 1. The summed E-state index contributed by atoms with van der Waals surface area (Å²) in [5, 5.41) is 4.39. The number of nitrogens with zero attached hydrogens (tertiary/aromatic N) is 2. The van der Waals surface area contributed by atoms with E-state index in [1.54, 1.807) is 49.4 Å². The van der Waals surface area contributed by atoms with Crippen LogP contribution < -0.4 is 19.8 Å². The Morgan fingerprint density at radius 2 is 1.81 bits per heavy atom. The summed E-state index contributed by atoms with van der Waals surface area (Å²) in [5.41, 5.74) is 0.901. The van der Waals surface area contributed by atoms with E-state index in [1.165, 1.54) is 19.1 Å². The Hall–Kier alpha value is -3.59. The topological polar surface area (TPSA) is 95.0 Å². The van der Waals surface area contributed by atoms with Crippen molar-refractivity contribution in [3.63, 3.8) is 0 Å². The molecule has 1 amide bonds. The maximum absolute atomic E-state index is 13.6. The molecule has 5 rings (SSSR count). The largest absolute Gasteiger partial charge is 0.493 e. The van der Waals surface area contributed by atoms with Crippen molar-refractivity contribution in [2.75, 3.05) is 19.1 Å². The van der Waals surface area contributed by atoms with E-state index in [1.807, 2.05) is 0 Å². The van der Waals surface area contributed by atoms with Gasteiger partial charge in [-0.05, 0) is 42.8 Å². The van der Waals surface area contributed by atoms with Crippen molar-refractivity contribution in [3.8, 4) is 11.5 Å². The standard InChI is InChI=1S/C23H17BrN2O6/c1-11-8-18(25-32-11)26-20(12-4-6-16(29-2)17(9-12)30-3)19-21(27)14-10-13(24)5-7-15(14)31-22(19)23(26)28/h4-10,20H,1-3H3/t20-/m1/s1. The molecule has 0 radical (unpaired) electrons. The van der Waals surface area contributed by atoms with E-state index >= 15 is 0 Å². The lowest BCUT2D eigenvalue weighted by molar-refractivity contribution is 0.0969. The number of benzene rings is 2. The number of ether oxygens (including phenoxy) is 2. The van der Waals surface area contributed by atoms with Gasteiger partial charge in [-0.1, -0.05) is 27.2 Å². The number of fused-ring (bicyclic) bond motifs is 2. The van der Waals surface area contributed by atoms with E-state index in [-0.39, 0.29) is 22.6 Å². The van der Waals surface area contributed by atoms with Crippen molar-refractivity contribution in [2.24, 2.45) is 0 Å². The first-order valence-corrected chi connectivity index (χ1v) is 10.5. The van der Waals surface area contributed by atoms with Gasteiger partial charge in [0.25, 0.3) is 5.91 Å². The van der Waals surface area contributed by atoms with E-state index in [9.17, 15) is 9.59 Å². The van der Waals surface area contributed by atoms with Gasteiger partial charge in [0, 0.05) is 10.5 Å². The van der Waals surface area contributed by atoms with Crippen LogP contribution in [0.3, 0.4) is 0 Å². The number of carbonyl (C=O) groups is 1. The summed E-state index contributed by atoms with van der Waals surface area (Å²) < 4.78 is 22.7. The van der Waals surface area contributed by atoms with E-state index < -0.39 is 11.9 Å². The fourth-order valence-electron chi connectivity index (χ4n) is 3.99. The van der Waals surface area contributed by atoms with Crippen LogP contribution in [0.2, 0.25) is 0 Å². The number of anilines is 1. The molecule has 1 aliphatic heterocycles. The fraction of sp³-hybridized carbons (Fsp3) is 0.174. The number of methoxy groups -OCH3 is 2. The monoisotopic (exact) mass is 496 g/mol. The molecule has 0 saturated carbocycles. The Bertz CT molecular complexity index is 1440. The molecule has 162 valence electrons. The molecule has 4 aromatic rings. The van der Waals surface area contributed by atoms with E-state index in [0.29, 0.717) is 33.8 Å². The predicted molar refractivity (Wildman–Crippen MR) is 120 cm³/mol. The van der Waals surface area contributed by atoms with Crippen molar-refractivity contribution in [1.82, 2.24) is 5.16 Å². The minimum Gasteiger partial charge on any atom is -0.493 e. The van der Waals surface area contributed by atoms with E-state index in [2.05, 4.69) is 21.1 Å². The van der Waals surface area contributed by atoms with Crippen molar-refractivity contribution in [2.45, 2.75) is 13.0 Å². The Kier molecular flexibility index (Phi) is 4.78. The first kappa shape index (κ1) is 20.3. The zero-order valence-corrected chi connectivity index (χ0v) is 18.9. The summed E-state index contributed by atoms with van der Waals surface area (Å²) in [6.07, 6.45) is 0. The zero-order chi connectivity index (χ0) is 22.6. The lowest BCUT2D eigenvalue weighted by atomic mass is 9.98. The molecule has 9 heteroatoms. The second-order valence-corrected chi connectivity index (χ2v) is 8.22. The van der Waals surface area contributed by atoms with Crippen molar-refractivity contribution < 1.29 is 23.2 Å². The highest BCUT2D eigenvalue weighted by Crippen LogP contribution is 2.43. The fourth-order valence-corrected chi connectivity index (χ4v) is 4.35. The number of hydrogen-bond acceptors (Lipinski definition) is 7. The van der Waals surface area contributed by atoms with Crippen LogP contribution in [0.25, 0.3) is 11.0 Å². The molecule has 1 aliphatic rings. The summed E-state index contributed by atoms with van der Waals surface area (Å²) >= 11 is 3.39. The maximum atomic E-state index is 13.6. The Labute approximate surface area is 190 Å². The number of carbonyl (C=O) groups excluding carboxylic acids is 1. The molecule has 0 bridgehead atoms. The van der Waals surface area contributed by atoms with Crippen molar-refractivity contribution >= 4 is 38.6 Å². The summed E-state index contributed by atoms with van der Waals surface area (Å²) in [7, 11) is 3.06. The summed E-state index contributed by atoms with van der Waals surface area (Å²) in [4.78, 5) is 28.5. The van der Waals surface area contributed by atoms with E-state index in [4.69, 9.17) is 18.4 Å². The second kappa shape index (κ2) is 7.52. The molecule has 0 unspecified atom stereocenters. The number of hydrogen-bond donors (Lipinski definition) is 0. The highest BCUT2D eigenvalue weighted by molar-refractivity contribution is 9.10. The van der Waals surface area contributed by atoms with Gasteiger partial charge in [0.2, 0.25) is 5.76 Å². The Balaban J connectivity index is 1.81. The lowest BCUT2D eigenvalue weighted by Crippen LogP contribution is -2.29. The van der Waals surface area contributed by atoms with Crippen LogP contribution >= 0.6 is 15.9 Å². The van der Waals surface area contributed by atoms with Crippen LogP contribution in [0.1, 0.15) is 33.5 Å². The van der Waals surface area contributed by atoms with Gasteiger partial charge in [-0.25, -0.2) is 0 Å². The molecule has 32 heavy (non-hydrogen) atoms. The summed E-state index contributed by atoms with van der Waals surface area (Å²) in [6.45, 7) is 1.73. The minimum absolute atomic E-state index is 0.0229. The minimum atomic E-state index is -0.790. The molecule has 0 spiro atoms. The van der Waals surface area contributed by atoms with Crippen LogP contribution in [0.5, 0.6) is 11.5 Å². The van der Waals surface area contributed by atoms with Crippen LogP contribution in [-0.4, -0.2) is 25.3 Å². The first-order chi connectivity index (χ1) is 15.4. The quantitative estimate of drug-likeness (QED) is 0.406. The van der Waals surface area contributed by atoms with Crippen molar-refractivity contribution in [3.05, 3.63) is 79.8 Å². The third-order valence-corrected chi connectivity index (χ3v) is 5.91. The van der Waals surface area contributed by atoms with Gasteiger partial charge in [-0.3, -0.25) is 14.5 Å². The SMILES string of the molecule is COc1ccc([C@@H]2c3c(oc4ccc(Br)cc4c3=O)C(=O)N2c2cc(C)on2)cc1OC. The van der Waals surface area contributed by atoms with Crippen LogP contribution in [0.4, 0.5) is 5.82 Å². The molecule has 0 fully saturated rings. The van der Waals surface area contributed by atoms with E-state index in [0.717, 1.165) is 4.47 Å². The maximum Gasteiger partial charge on any atom is 0.296 e. The normalized spacial score (nSPS) is 15.3. The average Bonchev–Trinajstić information content (AvgIpc) is 3.34. The third-order valence-electron chi connectivity index (χ3n) is 5.42. The highest BCUT2D eigenvalue weighted by Gasteiger charge is 2.45. The molecule has 8 nitrogen and oxygen atoms in total. The third kappa shape index (κ3) is 3.00. The van der Waals surface area contributed by atoms with Crippen LogP contribution in [0, 0.1) is 6.92 Å². The smallest absolute Gasteiger partial charge is 0.296 e. The summed E-state index contributed by atoms with van der Waals surface area (Å²) in [6, 6.07) is 11.2. The number of rotatable bonds is 4. The highest BCUT2D eigenvalue weighted by atomic mass is 79.9. The molecule has 2 aromatic carbocycles. The Morgan fingerprint density at radius 3 is 2.50 bits per heavy atom.